The first-order valence-electron chi connectivity index (χ1n) is 6.83. The lowest BCUT2D eigenvalue weighted by atomic mass is 10.2. The van der Waals surface area contributed by atoms with Crippen LogP contribution in [0.25, 0.3) is 11.0 Å². The zero-order valence-electron chi connectivity index (χ0n) is 12.1. The first-order valence-corrected chi connectivity index (χ1v) is 6.83. The van der Waals surface area contributed by atoms with Crippen LogP contribution in [0, 0.1) is 0 Å². The summed E-state index contributed by atoms with van der Waals surface area (Å²) >= 11 is 0. The number of aromatic amines is 1. The number of fused-ring (bicyclic) bond motifs is 1. The second-order valence-electron chi connectivity index (χ2n) is 4.69. The number of benzene rings is 1. The molecule has 0 radical (unpaired) electrons. The third kappa shape index (κ3) is 2.65. The maximum Gasteiger partial charge on any atom is 0.160 e. The zero-order chi connectivity index (χ0) is 14.7. The third-order valence-corrected chi connectivity index (χ3v) is 3.44. The summed E-state index contributed by atoms with van der Waals surface area (Å²) in [7, 11) is 1.67. The highest BCUT2D eigenvalue weighted by Gasteiger charge is 2.12. The minimum atomic E-state index is 0.758. The Kier molecular flexibility index (Phi) is 3.68. The molecule has 0 bridgehead atoms. The average molecular weight is 283 g/mol. The van der Waals surface area contributed by atoms with Crippen LogP contribution in [0.1, 0.15) is 12.5 Å². The van der Waals surface area contributed by atoms with Crippen LogP contribution in [0.4, 0.5) is 5.82 Å². The maximum atomic E-state index is 5.19. The average Bonchev–Trinajstić information content (AvgIpc) is 3.02. The molecule has 21 heavy (non-hydrogen) atoms. The van der Waals surface area contributed by atoms with Crippen LogP contribution in [0.5, 0.6) is 5.75 Å². The van der Waals surface area contributed by atoms with E-state index in [0.29, 0.717) is 0 Å². The largest absolute Gasteiger partial charge is 0.497 e. The van der Waals surface area contributed by atoms with Crippen molar-refractivity contribution in [3.05, 3.63) is 42.4 Å². The Bertz CT molecular complexity index is 722. The molecule has 2 aromatic heterocycles. The molecule has 0 unspecified atom stereocenters. The lowest BCUT2D eigenvalue weighted by molar-refractivity contribution is 0.414. The Morgan fingerprint density at radius 2 is 2.00 bits per heavy atom. The molecule has 0 aliphatic heterocycles. The summed E-state index contributed by atoms with van der Waals surface area (Å²) in [4.78, 5) is 10.8. The van der Waals surface area contributed by atoms with E-state index in [-0.39, 0.29) is 0 Å². The van der Waals surface area contributed by atoms with Gasteiger partial charge in [0.15, 0.2) is 5.65 Å². The Hall–Kier alpha value is -2.63. The van der Waals surface area contributed by atoms with Crippen LogP contribution in [-0.4, -0.2) is 33.8 Å². The van der Waals surface area contributed by atoms with Gasteiger partial charge >= 0.3 is 0 Å². The topological polar surface area (TPSA) is 66.9 Å². The lowest BCUT2D eigenvalue weighted by Crippen LogP contribution is -2.23. The van der Waals surface area contributed by atoms with E-state index in [1.165, 1.54) is 5.56 Å². The van der Waals surface area contributed by atoms with E-state index in [9.17, 15) is 0 Å². The van der Waals surface area contributed by atoms with Crippen LogP contribution in [0.15, 0.2) is 36.8 Å². The highest BCUT2D eigenvalue weighted by Crippen LogP contribution is 2.23. The van der Waals surface area contributed by atoms with Gasteiger partial charge in [0.1, 0.15) is 17.9 Å². The predicted molar refractivity (Wildman–Crippen MR) is 81.4 cm³/mol. The van der Waals surface area contributed by atoms with E-state index >= 15 is 0 Å². The Morgan fingerprint density at radius 3 is 2.71 bits per heavy atom. The summed E-state index contributed by atoms with van der Waals surface area (Å²) in [6.07, 6.45) is 3.33. The number of rotatable bonds is 5. The van der Waals surface area contributed by atoms with E-state index in [1.54, 1.807) is 19.6 Å². The van der Waals surface area contributed by atoms with Crippen molar-refractivity contribution < 1.29 is 4.74 Å². The summed E-state index contributed by atoms with van der Waals surface area (Å²) in [5.74, 6) is 1.76. The molecule has 108 valence electrons. The molecule has 0 saturated carbocycles. The van der Waals surface area contributed by atoms with Crippen molar-refractivity contribution in [2.24, 2.45) is 0 Å². The fourth-order valence-corrected chi connectivity index (χ4v) is 2.29. The highest BCUT2D eigenvalue weighted by atomic mass is 16.5. The van der Waals surface area contributed by atoms with Crippen molar-refractivity contribution in [3.63, 3.8) is 0 Å². The van der Waals surface area contributed by atoms with Gasteiger partial charge in [-0.25, -0.2) is 9.97 Å². The molecular formula is C15H17N5O. The second-order valence-corrected chi connectivity index (χ2v) is 4.69. The first kappa shape index (κ1) is 13.4. The minimum absolute atomic E-state index is 0.758. The van der Waals surface area contributed by atoms with E-state index in [2.05, 4.69) is 44.1 Å². The molecule has 0 spiro atoms. The standard InChI is InChI=1S/C15H17N5O/c1-3-20(9-11-4-6-12(21-2)7-5-11)15-13-8-18-19-14(13)16-10-17-15/h4-8,10H,3,9H2,1-2H3,(H,16,17,18,19). The van der Waals surface area contributed by atoms with Crippen LogP contribution < -0.4 is 9.64 Å². The molecule has 0 atom stereocenters. The molecule has 0 amide bonds. The van der Waals surface area contributed by atoms with Gasteiger partial charge in [-0.05, 0) is 24.6 Å². The third-order valence-electron chi connectivity index (χ3n) is 3.44. The molecule has 6 nitrogen and oxygen atoms in total. The van der Waals surface area contributed by atoms with Gasteiger partial charge in [-0.1, -0.05) is 12.1 Å². The second kappa shape index (κ2) is 5.78. The molecule has 0 fully saturated rings. The minimum Gasteiger partial charge on any atom is -0.497 e. The van der Waals surface area contributed by atoms with Gasteiger partial charge < -0.3 is 9.64 Å². The quantitative estimate of drug-likeness (QED) is 0.778. The lowest BCUT2D eigenvalue weighted by Gasteiger charge is -2.22. The Labute approximate surface area is 122 Å². The molecular weight excluding hydrogens is 266 g/mol. The molecule has 1 aromatic carbocycles. The van der Waals surface area contributed by atoms with Gasteiger partial charge in [0.25, 0.3) is 0 Å². The fraction of sp³-hybridized carbons (Fsp3) is 0.267. The number of H-pyrrole nitrogens is 1. The molecule has 3 rings (SSSR count). The molecule has 1 N–H and O–H groups in total. The van der Waals surface area contributed by atoms with Crippen LogP contribution >= 0.6 is 0 Å². The monoisotopic (exact) mass is 283 g/mol. The van der Waals surface area contributed by atoms with Gasteiger partial charge in [-0.2, -0.15) is 5.10 Å². The van der Waals surface area contributed by atoms with Gasteiger partial charge in [0.2, 0.25) is 0 Å². The van der Waals surface area contributed by atoms with Crippen molar-refractivity contribution in [3.8, 4) is 5.75 Å². The van der Waals surface area contributed by atoms with Gasteiger partial charge in [0, 0.05) is 13.1 Å². The zero-order valence-corrected chi connectivity index (χ0v) is 12.1. The number of anilines is 1. The van der Waals surface area contributed by atoms with Crippen molar-refractivity contribution >= 4 is 16.9 Å². The van der Waals surface area contributed by atoms with Crippen molar-refractivity contribution in [2.45, 2.75) is 13.5 Å². The van der Waals surface area contributed by atoms with E-state index in [0.717, 1.165) is 35.7 Å². The summed E-state index contributed by atoms with van der Waals surface area (Å²) in [5.41, 5.74) is 1.96. The van der Waals surface area contributed by atoms with Crippen LogP contribution in [0.3, 0.4) is 0 Å². The summed E-state index contributed by atoms with van der Waals surface area (Å²) in [6.45, 7) is 3.73. The number of hydrogen-bond acceptors (Lipinski definition) is 5. The van der Waals surface area contributed by atoms with Crippen molar-refractivity contribution in [1.82, 2.24) is 20.2 Å². The number of hydrogen-bond donors (Lipinski definition) is 1. The SMILES string of the molecule is CCN(Cc1ccc(OC)cc1)c1ncnc2[nH]ncc12. The maximum absolute atomic E-state index is 5.19. The van der Waals surface area contributed by atoms with Gasteiger partial charge in [-0.15, -0.1) is 0 Å². The number of nitrogens with zero attached hydrogens (tertiary/aromatic N) is 4. The Balaban J connectivity index is 1.89. The molecule has 0 saturated heterocycles. The molecule has 2 heterocycles. The number of aromatic nitrogens is 4. The van der Waals surface area contributed by atoms with Gasteiger partial charge in [0.05, 0.1) is 18.7 Å². The van der Waals surface area contributed by atoms with Crippen molar-refractivity contribution in [1.29, 1.82) is 0 Å². The molecule has 6 heteroatoms. The smallest absolute Gasteiger partial charge is 0.160 e. The van der Waals surface area contributed by atoms with E-state index in [4.69, 9.17) is 4.74 Å². The predicted octanol–water partition coefficient (Wildman–Crippen LogP) is 2.39. The number of nitrogens with one attached hydrogen (secondary N) is 1. The van der Waals surface area contributed by atoms with E-state index in [1.807, 2.05) is 12.1 Å². The molecule has 3 aromatic rings. The van der Waals surface area contributed by atoms with Crippen LogP contribution in [0.2, 0.25) is 0 Å². The highest BCUT2D eigenvalue weighted by molar-refractivity contribution is 5.86. The number of methoxy groups -OCH3 is 1. The number of ether oxygens (including phenoxy) is 1. The normalized spacial score (nSPS) is 10.8. The summed E-state index contributed by atoms with van der Waals surface area (Å²) in [5, 5.41) is 7.85. The molecule has 0 aliphatic carbocycles. The van der Waals surface area contributed by atoms with Crippen LogP contribution in [-0.2, 0) is 6.54 Å². The first-order chi connectivity index (χ1) is 10.3. The fourth-order valence-electron chi connectivity index (χ4n) is 2.29. The van der Waals surface area contributed by atoms with Gasteiger partial charge in [-0.3, -0.25) is 5.10 Å². The Morgan fingerprint density at radius 1 is 1.19 bits per heavy atom. The summed E-state index contributed by atoms with van der Waals surface area (Å²) in [6, 6.07) is 8.07. The molecule has 0 aliphatic rings. The van der Waals surface area contributed by atoms with Crippen molar-refractivity contribution in [2.75, 3.05) is 18.6 Å². The van der Waals surface area contributed by atoms with E-state index < -0.39 is 0 Å². The summed E-state index contributed by atoms with van der Waals surface area (Å²) < 4.78 is 5.19.